The molecule has 1 aliphatic carbocycles. The minimum absolute atomic E-state index is 0.0275. The van der Waals surface area contributed by atoms with E-state index in [0.29, 0.717) is 13.1 Å². The summed E-state index contributed by atoms with van der Waals surface area (Å²) in [7, 11) is 0. The molecule has 1 heterocycles. The molecule has 0 aliphatic heterocycles. The van der Waals surface area contributed by atoms with Gasteiger partial charge in [0.2, 0.25) is 5.91 Å². The van der Waals surface area contributed by atoms with Gasteiger partial charge in [-0.05, 0) is 31.4 Å². The van der Waals surface area contributed by atoms with Gasteiger partial charge in [-0.15, -0.1) is 0 Å². The Bertz CT molecular complexity index is 703. The van der Waals surface area contributed by atoms with Crippen LogP contribution in [0.2, 0.25) is 0 Å². The maximum atomic E-state index is 12.0. The van der Waals surface area contributed by atoms with E-state index in [9.17, 15) is 9.59 Å². The predicted molar refractivity (Wildman–Crippen MR) is 80.9 cm³/mol. The number of fused-ring (bicyclic) bond motifs is 1. The lowest BCUT2D eigenvalue weighted by Crippen LogP contribution is -2.34. The normalized spacial score (nSPS) is 21.8. The van der Waals surface area contributed by atoms with E-state index >= 15 is 0 Å². The van der Waals surface area contributed by atoms with Crippen molar-refractivity contribution in [3.05, 3.63) is 34.7 Å². The Hall–Kier alpha value is -2.08. The molecule has 4 N–H and O–H groups in total. The van der Waals surface area contributed by atoms with E-state index < -0.39 is 0 Å². The monoisotopic (exact) mass is 288 g/mol. The summed E-state index contributed by atoms with van der Waals surface area (Å²) < 4.78 is 1.65. The highest BCUT2D eigenvalue weighted by Gasteiger charge is 2.27. The zero-order valence-corrected chi connectivity index (χ0v) is 11.8. The Balaban J connectivity index is 1.61. The Morgan fingerprint density at radius 1 is 1.38 bits per heavy atom. The third kappa shape index (κ3) is 2.85. The van der Waals surface area contributed by atoms with Gasteiger partial charge < -0.3 is 16.0 Å². The van der Waals surface area contributed by atoms with Crippen LogP contribution in [0.5, 0.6) is 0 Å². The second kappa shape index (κ2) is 5.73. The molecular formula is C15H20N4O2. The highest BCUT2D eigenvalue weighted by molar-refractivity contribution is 5.79. The lowest BCUT2D eigenvalue weighted by molar-refractivity contribution is -0.124. The maximum absolute atomic E-state index is 12.0. The molecule has 0 radical (unpaired) electrons. The molecule has 0 bridgehead atoms. The minimum atomic E-state index is -0.145. The van der Waals surface area contributed by atoms with Crippen LogP contribution in [-0.4, -0.2) is 28.0 Å². The molecule has 6 nitrogen and oxygen atoms in total. The van der Waals surface area contributed by atoms with E-state index in [-0.39, 0.29) is 23.6 Å². The van der Waals surface area contributed by atoms with Crippen molar-refractivity contribution in [1.29, 1.82) is 0 Å². The van der Waals surface area contributed by atoms with Gasteiger partial charge in [0.05, 0.1) is 11.0 Å². The lowest BCUT2D eigenvalue weighted by atomic mass is 10.1. The molecule has 0 saturated heterocycles. The number of hydrogen-bond acceptors (Lipinski definition) is 3. The van der Waals surface area contributed by atoms with Crippen molar-refractivity contribution in [1.82, 2.24) is 14.9 Å². The number of imidazole rings is 1. The second-order valence-corrected chi connectivity index (χ2v) is 5.66. The fraction of sp³-hybridized carbons (Fsp3) is 0.467. The van der Waals surface area contributed by atoms with E-state index in [0.717, 1.165) is 30.3 Å². The third-order valence-electron chi connectivity index (χ3n) is 4.16. The first-order chi connectivity index (χ1) is 10.1. The van der Waals surface area contributed by atoms with E-state index in [1.165, 1.54) is 0 Å². The Kier molecular flexibility index (Phi) is 3.79. The molecule has 3 rings (SSSR count). The number of nitrogens with one attached hydrogen (secondary N) is 2. The van der Waals surface area contributed by atoms with Crippen LogP contribution in [0.15, 0.2) is 29.1 Å². The van der Waals surface area contributed by atoms with Gasteiger partial charge in [-0.2, -0.15) is 0 Å². The van der Waals surface area contributed by atoms with Crippen molar-refractivity contribution in [2.45, 2.75) is 31.8 Å². The van der Waals surface area contributed by atoms with Crippen LogP contribution in [0.1, 0.15) is 19.3 Å². The van der Waals surface area contributed by atoms with Gasteiger partial charge in [-0.25, -0.2) is 4.79 Å². The SMILES string of the molecule is NC1CCC(C(=O)NCCn2c(=O)[nH]c3ccccc32)C1. The summed E-state index contributed by atoms with van der Waals surface area (Å²) in [6, 6.07) is 7.69. The van der Waals surface area contributed by atoms with Crippen LogP contribution in [0.4, 0.5) is 0 Å². The first kappa shape index (κ1) is 13.9. The Morgan fingerprint density at radius 3 is 2.95 bits per heavy atom. The molecule has 1 aliphatic rings. The molecule has 1 saturated carbocycles. The van der Waals surface area contributed by atoms with Gasteiger partial charge in [0.1, 0.15) is 0 Å². The fourth-order valence-corrected chi connectivity index (χ4v) is 3.02. The molecule has 2 aromatic rings. The van der Waals surface area contributed by atoms with Crippen molar-refractivity contribution in [2.24, 2.45) is 11.7 Å². The molecule has 6 heteroatoms. The number of rotatable bonds is 4. The van der Waals surface area contributed by atoms with Gasteiger partial charge in [-0.3, -0.25) is 9.36 Å². The number of para-hydroxylation sites is 2. The van der Waals surface area contributed by atoms with Crippen molar-refractivity contribution < 1.29 is 4.79 Å². The number of nitrogens with zero attached hydrogens (tertiary/aromatic N) is 1. The zero-order chi connectivity index (χ0) is 14.8. The largest absolute Gasteiger partial charge is 0.354 e. The Labute approximate surface area is 122 Å². The van der Waals surface area contributed by atoms with Crippen LogP contribution in [0.25, 0.3) is 11.0 Å². The van der Waals surface area contributed by atoms with Crippen LogP contribution < -0.4 is 16.7 Å². The lowest BCUT2D eigenvalue weighted by Gasteiger charge is -2.11. The van der Waals surface area contributed by atoms with E-state index in [1.807, 2.05) is 24.3 Å². The second-order valence-electron chi connectivity index (χ2n) is 5.66. The van der Waals surface area contributed by atoms with Gasteiger partial charge in [0.25, 0.3) is 0 Å². The average molecular weight is 288 g/mol. The fourth-order valence-electron chi connectivity index (χ4n) is 3.02. The average Bonchev–Trinajstić information content (AvgIpc) is 3.03. The number of hydrogen-bond donors (Lipinski definition) is 3. The molecule has 1 aromatic heterocycles. The van der Waals surface area contributed by atoms with E-state index in [1.54, 1.807) is 4.57 Å². The van der Waals surface area contributed by atoms with Gasteiger partial charge in [0.15, 0.2) is 0 Å². The number of amides is 1. The summed E-state index contributed by atoms with van der Waals surface area (Å²) in [6.45, 7) is 0.916. The summed E-state index contributed by atoms with van der Waals surface area (Å²) in [5.74, 6) is 0.0792. The van der Waals surface area contributed by atoms with Crippen LogP contribution in [0, 0.1) is 5.92 Å². The maximum Gasteiger partial charge on any atom is 0.326 e. The summed E-state index contributed by atoms with van der Waals surface area (Å²) in [4.78, 5) is 26.7. The molecule has 21 heavy (non-hydrogen) atoms. The van der Waals surface area contributed by atoms with Gasteiger partial charge in [0, 0.05) is 25.0 Å². The summed E-state index contributed by atoms with van der Waals surface area (Å²) in [6.07, 6.45) is 2.54. The molecule has 112 valence electrons. The summed E-state index contributed by atoms with van der Waals surface area (Å²) >= 11 is 0. The molecule has 1 fully saturated rings. The Morgan fingerprint density at radius 2 is 2.19 bits per heavy atom. The number of benzene rings is 1. The minimum Gasteiger partial charge on any atom is -0.354 e. The third-order valence-corrected chi connectivity index (χ3v) is 4.16. The smallest absolute Gasteiger partial charge is 0.326 e. The van der Waals surface area contributed by atoms with Crippen molar-refractivity contribution in [3.8, 4) is 0 Å². The molecule has 1 aromatic carbocycles. The molecule has 2 unspecified atom stereocenters. The summed E-state index contributed by atoms with van der Waals surface area (Å²) in [5.41, 5.74) is 7.35. The number of nitrogens with two attached hydrogens (primary N) is 1. The number of aromatic nitrogens is 2. The predicted octanol–water partition coefficient (Wildman–Crippen LogP) is 0.573. The molecule has 0 spiro atoms. The quantitative estimate of drug-likeness (QED) is 0.768. The number of aromatic amines is 1. The topological polar surface area (TPSA) is 92.9 Å². The highest BCUT2D eigenvalue weighted by atomic mass is 16.2. The van der Waals surface area contributed by atoms with Crippen molar-refractivity contribution >= 4 is 16.9 Å². The number of carbonyl (C=O) groups excluding carboxylic acids is 1. The standard InChI is InChI=1S/C15H20N4O2/c16-11-6-5-10(9-11)14(20)17-7-8-19-13-4-2-1-3-12(13)18-15(19)21/h1-4,10-11H,5-9,16H2,(H,17,20)(H,18,21). The van der Waals surface area contributed by atoms with E-state index in [4.69, 9.17) is 5.73 Å². The molecule has 1 amide bonds. The van der Waals surface area contributed by atoms with E-state index in [2.05, 4.69) is 10.3 Å². The highest BCUT2D eigenvalue weighted by Crippen LogP contribution is 2.23. The van der Waals surface area contributed by atoms with Crippen LogP contribution in [0.3, 0.4) is 0 Å². The van der Waals surface area contributed by atoms with Gasteiger partial charge in [-0.1, -0.05) is 12.1 Å². The van der Waals surface area contributed by atoms with Crippen LogP contribution in [-0.2, 0) is 11.3 Å². The summed E-state index contributed by atoms with van der Waals surface area (Å²) in [5, 5.41) is 2.91. The van der Waals surface area contributed by atoms with Crippen molar-refractivity contribution in [3.63, 3.8) is 0 Å². The zero-order valence-electron chi connectivity index (χ0n) is 11.8. The van der Waals surface area contributed by atoms with Crippen molar-refractivity contribution in [2.75, 3.05) is 6.54 Å². The first-order valence-electron chi connectivity index (χ1n) is 7.36. The number of carbonyl (C=O) groups is 1. The van der Waals surface area contributed by atoms with Crippen LogP contribution >= 0.6 is 0 Å². The van der Waals surface area contributed by atoms with Gasteiger partial charge >= 0.3 is 5.69 Å². The molecule has 2 atom stereocenters. The molecular weight excluding hydrogens is 268 g/mol. The first-order valence-corrected chi connectivity index (χ1v) is 7.36. The number of H-pyrrole nitrogens is 1.